The van der Waals surface area contributed by atoms with Crippen LogP contribution in [0.15, 0.2) is 11.6 Å². The SMILES string of the molecule is O=C(O)C1CCN(C(=O)N2CC=C(C(F)(F)F)CC2)C1. The number of rotatable bonds is 1. The summed E-state index contributed by atoms with van der Waals surface area (Å²) >= 11 is 0. The number of likely N-dealkylation sites (tertiary alicyclic amines) is 1. The second-order valence-corrected chi connectivity index (χ2v) is 4.98. The summed E-state index contributed by atoms with van der Waals surface area (Å²) in [5, 5.41) is 8.86. The van der Waals surface area contributed by atoms with Crippen LogP contribution in [0.4, 0.5) is 18.0 Å². The van der Waals surface area contributed by atoms with E-state index in [1.54, 1.807) is 0 Å². The Labute approximate surface area is 113 Å². The zero-order valence-corrected chi connectivity index (χ0v) is 10.7. The van der Waals surface area contributed by atoms with E-state index in [1.807, 2.05) is 0 Å². The Kier molecular flexibility index (Phi) is 3.92. The number of amides is 2. The molecule has 2 aliphatic rings. The van der Waals surface area contributed by atoms with Crippen molar-refractivity contribution in [1.82, 2.24) is 9.80 Å². The van der Waals surface area contributed by atoms with Crippen molar-refractivity contribution in [3.8, 4) is 0 Å². The second kappa shape index (κ2) is 5.34. The molecule has 1 unspecified atom stereocenters. The third-order valence-corrected chi connectivity index (χ3v) is 3.65. The monoisotopic (exact) mass is 292 g/mol. The van der Waals surface area contributed by atoms with Crippen molar-refractivity contribution in [2.24, 2.45) is 5.92 Å². The van der Waals surface area contributed by atoms with Crippen molar-refractivity contribution >= 4 is 12.0 Å². The molecule has 20 heavy (non-hydrogen) atoms. The standard InChI is InChI=1S/C12H15F3N2O3/c13-12(14,15)9-2-5-16(6-3-9)11(20)17-4-1-8(7-17)10(18)19/h2,8H,1,3-7H2,(H,18,19). The van der Waals surface area contributed by atoms with Crippen LogP contribution in [0.1, 0.15) is 12.8 Å². The van der Waals surface area contributed by atoms with Gasteiger partial charge in [-0.25, -0.2) is 4.79 Å². The summed E-state index contributed by atoms with van der Waals surface area (Å²) in [6, 6.07) is -0.383. The third kappa shape index (κ3) is 3.05. The highest BCUT2D eigenvalue weighted by atomic mass is 19.4. The molecule has 2 amide bonds. The maximum Gasteiger partial charge on any atom is 0.412 e. The molecular formula is C12H15F3N2O3. The Morgan fingerprint density at radius 3 is 2.40 bits per heavy atom. The molecule has 0 aromatic carbocycles. The lowest BCUT2D eigenvalue weighted by molar-refractivity contribution is -0.141. The number of hydrogen-bond acceptors (Lipinski definition) is 2. The molecular weight excluding hydrogens is 277 g/mol. The van der Waals surface area contributed by atoms with Crippen molar-refractivity contribution in [2.45, 2.75) is 19.0 Å². The largest absolute Gasteiger partial charge is 0.481 e. The molecule has 8 heteroatoms. The summed E-state index contributed by atoms with van der Waals surface area (Å²) in [5.74, 6) is -1.52. The van der Waals surface area contributed by atoms with Gasteiger partial charge < -0.3 is 14.9 Å². The fourth-order valence-electron chi connectivity index (χ4n) is 2.44. The van der Waals surface area contributed by atoms with Gasteiger partial charge in [0.1, 0.15) is 0 Å². The van der Waals surface area contributed by atoms with Crippen molar-refractivity contribution < 1.29 is 27.9 Å². The maximum absolute atomic E-state index is 12.5. The Morgan fingerprint density at radius 2 is 1.95 bits per heavy atom. The van der Waals surface area contributed by atoms with Gasteiger partial charge in [0.15, 0.2) is 0 Å². The van der Waals surface area contributed by atoms with Crippen LogP contribution < -0.4 is 0 Å². The molecule has 1 fully saturated rings. The molecule has 1 N–H and O–H groups in total. The lowest BCUT2D eigenvalue weighted by Crippen LogP contribution is -2.45. The maximum atomic E-state index is 12.5. The summed E-state index contributed by atoms with van der Waals surface area (Å²) < 4.78 is 37.4. The molecule has 2 heterocycles. The number of urea groups is 1. The Morgan fingerprint density at radius 1 is 1.25 bits per heavy atom. The smallest absolute Gasteiger partial charge is 0.412 e. The van der Waals surface area contributed by atoms with Gasteiger partial charge in [0.2, 0.25) is 0 Å². The lowest BCUT2D eigenvalue weighted by Gasteiger charge is -2.31. The molecule has 5 nitrogen and oxygen atoms in total. The number of carbonyl (C=O) groups is 2. The van der Waals surface area contributed by atoms with E-state index in [1.165, 1.54) is 9.80 Å². The number of carboxylic acid groups (broad SMARTS) is 1. The zero-order valence-electron chi connectivity index (χ0n) is 10.7. The van der Waals surface area contributed by atoms with E-state index in [2.05, 4.69) is 0 Å². The fraction of sp³-hybridized carbons (Fsp3) is 0.667. The Balaban J connectivity index is 1.93. The summed E-state index contributed by atoms with van der Waals surface area (Å²) in [4.78, 5) is 25.6. The van der Waals surface area contributed by atoms with E-state index in [0.29, 0.717) is 13.0 Å². The molecule has 1 atom stereocenters. The van der Waals surface area contributed by atoms with Crippen LogP contribution >= 0.6 is 0 Å². The zero-order chi connectivity index (χ0) is 14.9. The molecule has 0 aliphatic carbocycles. The minimum Gasteiger partial charge on any atom is -0.481 e. The first-order chi connectivity index (χ1) is 9.29. The van der Waals surface area contributed by atoms with E-state index in [9.17, 15) is 22.8 Å². The van der Waals surface area contributed by atoms with Crippen LogP contribution in [0.2, 0.25) is 0 Å². The summed E-state index contributed by atoms with van der Waals surface area (Å²) in [7, 11) is 0. The van der Waals surface area contributed by atoms with E-state index in [0.717, 1.165) is 6.08 Å². The number of alkyl halides is 3. The van der Waals surface area contributed by atoms with E-state index in [-0.39, 0.29) is 32.1 Å². The molecule has 0 radical (unpaired) electrons. The number of halogens is 3. The van der Waals surface area contributed by atoms with Crippen LogP contribution in [0.5, 0.6) is 0 Å². The highest BCUT2D eigenvalue weighted by molar-refractivity contribution is 5.77. The van der Waals surface area contributed by atoms with Gasteiger partial charge in [-0.3, -0.25) is 4.79 Å². The van der Waals surface area contributed by atoms with Crippen molar-refractivity contribution in [2.75, 3.05) is 26.2 Å². The van der Waals surface area contributed by atoms with Crippen molar-refractivity contribution in [1.29, 1.82) is 0 Å². The molecule has 2 aliphatic heterocycles. The third-order valence-electron chi connectivity index (χ3n) is 3.65. The minimum absolute atomic E-state index is 0.0123. The lowest BCUT2D eigenvalue weighted by atomic mass is 10.1. The highest BCUT2D eigenvalue weighted by Gasteiger charge is 2.37. The predicted molar refractivity (Wildman–Crippen MR) is 63.0 cm³/mol. The van der Waals surface area contributed by atoms with Gasteiger partial charge in [-0.2, -0.15) is 13.2 Å². The molecule has 0 bridgehead atoms. The highest BCUT2D eigenvalue weighted by Crippen LogP contribution is 2.30. The number of aliphatic carboxylic acids is 1. The van der Waals surface area contributed by atoms with Crippen LogP contribution in [0.25, 0.3) is 0 Å². The summed E-state index contributed by atoms with van der Waals surface area (Å²) in [5.41, 5.74) is -0.605. The van der Waals surface area contributed by atoms with Gasteiger partial charge >= 0.3 is 18.2 Å². The van der Waals surface area contributed by atoms with E-state index in [4.69, 9.17) is 5.11 Å². The summed E-state index contributed by atoms with van der Waals surface area (Å²) in [6.07, 6.45) is -3.15. The molecule has 2 rings (SSSR count). The number of carbonyl (C=O) groups excluding carboxylic acids is 1. The van der Waals surface area contributed by atoms with Gasteiger partial charge in [-0.05, 0) is 12.8 Å². The number of hydrogen-bond donors (Lipinski definition) is 1. The second-order valence-electron chi connectivity index (χ2n) is 4.98. The summed E-state index contributed by atoms with van der Waals surface area (Å²) in [6.45, 7) is 0.392. The minimum atomic E-state index is -4.34. The molecule has 1 saturated heterocycles. The van der Waals surface area contributed by atoms with Gasteiger partial charge in [-0.1, -0.05) is 6.08 Å². The molecule has 0 saturated carbocycles. The molecule has 0 spiro atoms. The predicted octanol–water partition coefficient (Wildman–Crippen LogP) is 1.71. The van der Waals surface area contributed by atoms with Crippen LogP contribution in [0, 0.1) is 5.92 Å². The first-order valence-corrected chi connectivity index (χ1v) is 6.32. The first-order valence-electron chi connectivity index (χ1n) is 6.32. The number of nitrogens with zero attached hydrogens (tertiary/aromatic N) is 2. The van der Waals surface area contributed by atoms with Crippen LogP contribution in [-0.2, 0) is 4.79 Å². The quantitative estimate of drug-likeness (QED) is 0.748. The fourth-order valence-corrected chi connectivity index (χ4v) is 2.44. The van der Waals surface area contributed by atoms with Gasteiger partial charge in [0, 0.05) is 31.8 Å². The Hall–Kier alpha value is -1.73. The van der Waals surface area contributed by atoms with Crippen LogP contribution in [-0.4, -0.2) is 59.3 Å². The normalized spacial score (nSPS) is 23.8. The average molecular weight is 292 g/mol. The van der Waals surface area contributed by atoms with Crippen molar-refractivity contribution in [3.63, 3.8) is 0 Å². The average Bonchev–Trinajstić information content (AvgIpc) is 2.86. The molecule has 0 aromatic heterocycles. The van der Waals surface area contributed by atoms with Gasteiger partial charge in [0.05, 0.1) is 5.92 Å². The van der Waals surface area contributed by atoms with Crippen LogP contribution in [0.3, 0.4) is 0 Å². The molecule has 0 aromatic rings. The molecule has 112 valence electrons. The van der Waals surface area contributed by atoms with Gasteiger partial charge in [-0.15, -0.1) is 0 Å². The first kappa shape index (κ1) is 14.7. The van der Waals surface area contributed by atoms with Crippen molar-refractivity contribution in [3.05, 3.63) is 11.6 Å². The number of carboxylic acids is 1. The van der Waals surface area contributed by atoms with E-state index >= 15 is 0 Å². The Bertz CT molecular complexity index is 448. The topological polar surface area (TPSA) is 60.9 Å². The van der Waals surface area contributed by atoms with Gasteiger partial charge in [0.25, 0.3) is 0 Å². The van der Waals surface area contributed by atoms with E-state index < -0.39 is 23.6 Å².